The zero-order valence-corrected chi connectivity index (χ0v) is 18.1. The molecule has 2 N–H and O–H groups in total. The van der Waals surface area contributed by atoms with Crippen LogP contribution in [0.2, 0.25) is 0 Å². The summed E-state index contributed by atoms with van der Waals surface area (Å²) in [6.45, 7) is 6.43. The van der Waals surface area contributed by atoms with Crippen molar-refractivity contribution in [2.24, 2.45) is 4.99 Å². The van der Waals surface area contributed by atoms with Crippen molar-refractivity contribution in [3.8, 4) is 0 Å². The molecule has 0 radical (unpaired) electrons. The summed E-state index contributed by atoms with van der Waals surface area (Å²) in [6.07, 6.45) is 2.33. The first-order chi connectivity index (χ1) is 11.1. The first-order valence-electron chi connectivity index (χ1n) is 8.00. The molecule has 24 heavy (non-hydrogen) atoms. The van der Waals surface area contributed by atoms with Crippen LogP contribution in [0.3, 0.4) is 0 Å². The SMILES string of the molecule is CN=C(NCc1ccc(C)cc1SC)NCC1CN(C)CCO1.I. The lowest BCUT2D eigenvalue weighted by Crippen LogP contribution is -2.48. The number of thioether (sulfide) groups is 1. The molecule has 1 unspecified atom stereocenters. The van der Waals surface area contributed by atoms with Crippen molar-refractivity contribution < 1.29 is 4.74 Å². The van der Waals surface area contributed by atoms with Crippen LogP contribution in [0.1, 0.15) is 11.1 Å². The van der Waals surface area contributed by atoms with Crippen molar-refractivity contribution in [2.75, 3.05) is 46.6 Å². The zero-order chi connectivity index (χ0) is 16.7. The smallest absolute Gasteiger partial charge is 0.191 e. The molecule has 1 saturated heterocycles. The van der Waals surface area contributed by atoms with Gasteiger partial charge in [0.2, 0.25) is 0 Å². The highest BCUT2D eigenvalue weighted by Crippen LogP contribution is 2.21. The number of nitrogens with one attached hydrogen (secondary N) is 2. The second-order valence-electron chi connectivity index (χ2n) is 5.88. The van der Waals surface area contributed by atoms with Crippen LogP contribution in [0.15, 0.2) is 28.1 Å². The van der Waals surface area contributed by atoms with Crippen molar-refractivity contribution in [3.63, 3.8) is 0 Å². The summed E-state index contributed by atoms with van der Waals surface area (Å²) in [5.41, 5.74) is 2.58. The fraction of sp³-hybridized carbons (Fsp3) is 0.588. The van der Waals surface area contributed by atoms with Gasteiger partial charge in [0, 0.05) is 38.1 Å². The molecule has 1 heterocycles. The highest BCUT2D eigenvalue weighted by Gasteiger charge is 2.17. The Labute approximate surface area is 167 Å². The van der Waals surface area contributed by atoms with Gasteiger partial charge in [-0.1, -0.05) is 12.1 Å². The van der Waals surface area contributed by atoms with E-state index < -0.39 is 0 Å². The lowest BCUT2D eigenvalue weighted by Gasteiger charge is -2.30. The molecule has 2 rings (SSSR count). The molecule has 0 aliphatic carbocycles. The average molecular weight is 464 g/mol. The number of hydrogen-bond acceptors (Lipinski definition) is 4. The van der Waals surface area contributed by atoms with Crippen molar-refractivity contribution in [1.82, 2.24) is 15.5 Å². The van der Waals surface area contributed by atoms with E-state index in [1.165, 1.54) is 16.0 Å². The van der Waals surface area contributed by atoms with Gasteiger partial charge in [-0.3, -0.25) is 4.99 Å². The first kappa shape index (κ1) is 21.5. The molecule has 0 aromatic heterocycles. The van der Waals surface area contributed by atoms with Crippen LogP contribution in [0, 0.1) is 6.92 Å². The molecular weight excluding hydrogens is 435 g/mol. The molecule has 0 bridgehead atoms. The van der Waals surface area contributed by atoms with Crippen LogP contribution in [-0.4, -0.2) is 63.6 Å². The monoisotopic (exact) mass is 464 g/mol. The number of benzene rings is 1. The van der Waals surface area contributed by atoms with Gasteiger partial charge in [0.1, 0.15) is 0 Å². The summed E-state index contributed by atoms with van der Waals surface area (Å²) in [7, 11) is 3.93. The normalized spacial score (nSPS) is 18.8. The Morgan fingerprint density at radius 2 is 2.21 bits per heavy atom. The Balaban J connectivity index is 0.00000288. The van der Waals surface area contributed by atoms with Gasteiger partial charge in [0.15, 0.2) is 5.96 Å². The molecule has 7 heteroatoms. The Morgan fingerprint density at radius 1 is 1.42 bits per heavy atom. The topological polar surface area (TPSA) is 48.9 Å². The van der Waals surface area contributed by atoms with Crippen LogP contribution in [0.4, 0.5) is 0 Å². The third-order valence-electron chi connectivity index (χ3n) is 3.95. The van der Waals surface area contributed by atoms with Gasteiger partial charge in [-0.25, -0.2) is 0 Å². The maximum atomic E-state index is 5.77. The molecule has 1 aliphatic heterocycles. The fourth-order valence-electron chi connectivity index (χ4n) is 2.60. The van der Waals surface area contributed by atoms with Crippen molar-refractivity contribution >= 4 is 41.7 Å². The first-order valence-corrected chi connectivity index (χ1v) is 9.23. The van der Waals surface area contributed by atoms with Crippen molar-refractivity contribution in [3.05, 3.63) is 29.3 Å². The molecule has 0 amide bonds. The number of nitrogens with zero attached hydrogens (tertiary/aromatic N) is 2. The van der Waals surface area contributed by atoms with Crippen LogP contribution < -0.4 is 10.6 Å². The van der Waals surface area contributed by atoms with Crippen molar-refractivity contribution in [1.29, 1.82) is 0 Å². The van der Waals surface area contributed by atoms with Crippen LogP contribution >= 0.6 is 35.7 Å². The Hall–Kier alpha value is -0.510. The predicted octanol–water partition coefficient (Wildman–Crippen LogP) is 2.33. The van der Waals surface area contributed by atoms with E-state index in [2.05, 4.69) is 59.0 Å². The molecule has 1 aromatic rings. The van der Waals surface area contributed by atoms with Gasteiger partial charge in [0.25, 0.3) is 0 Å². The molecule has 1 aliphatic rings. The van der Waals surface area contributed by atoms with Crippen LogP contribution in [-0.2, 0) is 11.3 Å². The maximum absolute atomic E-state index is 5.77. The minimum atomic E-state index is 0. The van der Waals surface area contributed by atoms with E-state index in [1.54, 1.807) is 18.8 Å². The second kappa shape index (κ2) is 11.2. The Bertz CT molecular complexity index is 541. The minimum Gasteiger partial charge on any atom is -0.374 e. The summed E-state index contributed by atoms with van der Waals surface area (Å²) in [6, 6.07) is 6.56. The largest absolute Gasteiger partial charge is 0.374 e. The number of aryl methyl sites for hydroxylation is 1. The lowest BCUT2D eigenvalue weighted by molar-refractivity contribution is -0.0161. The third kappa shape index (κ3) is 6.78. The van der Waals surface area contributed by atoms with Gasteiger partial charge in [-0.15, -0.1) is 35.7 Å². The summed E-state index contributed by atoms with van der Waals surface area (Å²) >= 11 is 1.78. The zero-order valence-electron chi connectivity index (χ0n) is 15.0. The quantitative estimate of drug-likeness (QED) is 0.303. The number of aliphatic imine (C=N–C) groups is 1. The summed E-state index contributed by atoms with van der Waals surface area (Å²) in [4.78, 5) is 7.90. The second-order valence-corrected chi connectivity index (χ2v) is 6.73. The summed E-state index contributed by atoms with van der Waals surface area (Å²) in [5.74, 6) is 0.814. The van der Waals surface area contributed by atoms with Crippen LogP contribution in [0.5, 0.6) is 0 Å². The number of guanidine groups is 1. The van der Waals surface area contributed by atoms with E-state index in [0.29, 0.717) is 0 Å². The highest BCUT2D eigenvalue weighted by molar-refractivity contribution is 14.0. The van der Waals surface area contributed by atoms with E-state index in [9.17, 15) is 0 Å². The molecular formula is C17H29IN4OS. The molecule has 1 fully saturated rings. The molecule has 1 aromatic carbocycles. The molecule has 0 saturated carbocycles. The number of likely N-dealkylation sites (N-methyl/N-ethyl adjacent to an activating group) is 1. The van der Waals surface area contributed by atoms with Gasteiger partial charge >= 0.3 is 0 Å². The van der Waals surface area contributed by atoms with Gasteiger partial charge in [0.05, 0.1) is 12.7 Å². The Kier molecular flexibility index (Phi) is 10.0. The van der Waals surface area contributed by atoms with E-state index in [-0.39, 0.29) is 30.1 Å². The molecule has 0 spiro atoms. The number of halogens is 1. The number of ether oxygens (including phenoxy) is 1. The van der Waals surface area contributed by atoms with Gasteiger partial charge in [-0.2, -0.15) is 0 Å². The van der Waals surface area contributed by atoms with Gasteiger partial charge < -0.3 is 20.3 Å². The van der Waals surface area contributed by atoms with Crippen LogP contribution in [0.25, 0.3) is 0 Å². The summed E-state index contributed by atoms with van der Waals surface area (Å²) < 4.78 is 5.77. The average Bonchev–Trinajstić information content (AvgIpc) is 2.56. The fourth-order valence-corrected chi connectivity index (χ4v) is 3.30. The lowest BCUT2D eigenvalue weighted by atomic mass is 10.1. The van der Waals surface area contributed by atoms with E-state index in [1.807, 2.05) is 0 Å². The van der Waals surface area contributed by atoms with E-state index >= 15 is 0 Å². The summed E-state index contributed by atoms with van der Waals surface area (Å²) in [5, 5.41) is 6.75. The standard InChI is InChI=1S/C17H28N4OS.HI/c1-13-5-6-14(16(9-13)23-4)10-19-17(18-2)20-11-15-12-21(3)7-8-22-15;/h5-6,9,15H,7-8,10-12H2,1-4H3,(H2,18,19,20);1H. The predicted molar refractivity (Wildman–Crippen MR) is 114 cm³/mol. The van der Waals surface area contributed by atoms with E-state index in [0.717, 1.165) is 38.7 Å². The molecule has 136 valence electrons. The maximum Gasteiger partial charge on any atom is 0.191 e. The van der Waals surface area contributed by atoms with Crippen molar-refractivity contribution in [2.45, 2.75) is 24.5 Å². The number of morpholine rings is 1. The molecule has 5 nitrogen and oxygen atoms in total. The number of hydrogen-bond donors (Lipinski definition) is 2. The molecule has 1 atom stereocenters. The number of rotatable bonds is 5. The highest BCUT2D eigenvalue weighted by atomic mass is 127. The third-order valence-corrected chi connectivity index (χ3v) is 4.77. The van der Waals surface area contributed by atoms with Gasteiger partial charge in [-0.05, 0) is 37.4 Å². The Morgan fingerprint density at radius 3 is 2.88 bits per heavy atom. The van der Waals surface area contributed by atoms with E-state index in [4.69, 9.17) is 4.74 Å². The minimum absolute atomic E-state index is 0.